The summed E-state index contributed by atoms with van der Waals surface area (Å²) < 4.78 is 20.1. The molecule has 1 aliphatic carbocycles. The van der Waals surface area contributed by atoms with E-state index in [9.17, 15) is 4.39 Å². The summed E-state index contributed by atoms with van der Waals surface area (Å²) in [7, 11) is 0. The maximum atomic E-state index is 14.8. The quantitative estimate of drug-likeness (QED) is 0.915. The first-order valence-corrected chi connectivity index (χ1v) is 8.08. The Hall–Kier alpha value is -1.46. The van der Waals surface area contributed by atoms with E-state index in [1.54, 1.807) is 0 Å². The van der Waals surface area contributed by atoms with Gasteiger partial charge in [-0.1, -0.05) is 18.9 Å². The van der Waals surface area contributed by atoms with Gasteiger partial charge < -0.3 is 15.5 Å². The van der Waals surface area contributed by atoms with Gasteiger partial charge in [-0.25, -0.2) is 9.37 Å². The molecule has 2 atom stereocenters. The van der Waals surface area contributed by atoms with Crippen LogP contribution in [0.5, 0.6) is 0 Å². The average Bonchev–Trinajstić information content (AvgIpc) is 3.27. The predicted molar refractivity (Wildman–Crippen MR) is 82.8 cm³/mol. The Balaban J connectivity index is 1.69. The molecule has 2 fully saturated rings. The van der Waals surface area contributed by atoms with Crippen molar-refractivity contribution in [1.82, 2.24) is 9.97 Å². The second kappa shape index (κ2) is 5.63. The van der Waals surface area contributed by atoms with Gasteiger partial charge in [-0.2, -0.15) is 0 Å². The topological polar surface area (TPSA) is 63.9 Å². The van der Waals surface area contributed by atoms with Gasteiger partial charge in [-0.05, 0) is 36.8 Å². The van der Waals surface area contributed by atoms with Crippen molar-refractivity contribution < 1.29 is 9.13 Å². The minimum atomic E-state index is -0.245. The lowest BCUT2D eigenvalue weighted by molar-refractivity contribution is 0.198. The van der Waals surface area contributed by atoms with Gasteiger partial charge in [0.05, 0.1) is 24.8 Å². The van der Waals surface area contributed by atoms with Crippen molar-refractivity contribution in [2.75, 3.05) is 13.2 Å². The molecule has 0 amide bonds. The standard InChI is InChI=1S/C17H21FN3O/c18-14-12(11-7-8-22-9-11)5-6-13-16(14)21-17(20-13)15(19)10-3-1-2-4-10/h5-7,10-11,15H,1-4,8-9,19H2,(H,20,21)/t11-,15+/m1/s1. The third-order valence-corrected chi connectivity index (χ3v) is 5.06. The molecule has 1 saturated carbocycles. The van der Waals surface area contributed by atoms with Gasteiger partial charge in [-0.15, -0.1) is 0 Å². The van der Waals surface area contributed by atoms with Crippen LogP contribution >= 0.6 is 0 Å². The van der Waals surface area contributed by atoms with Gasteiger partial charge in [0.1, 0.15) is 11.3 Å². The van der Waals surface area contributed by atoms with E-state index in [-0.39, 0.29) is 17.8 Å². The number of benzene rings is 1. The third kappa shape index (κ3) is 2.32. The number of nitrogens with one attached hydrogen (secondary N) is 1. The molecule has 0 unspecified atom stereocenters. The minimum Gasteiger partial charge on any atom is -0.380 e. The number of H-pyrrole nitrogens is 1. The van der Waals surface area contributed by atoms with E-state index < -0.39 is 0 Å². The SMILES string of the molecule is N[C@H](c1nc2c(F)c([C@@H]3[CH]COC3)ccc2[nH]1)C1CCCC1. The highest BCUT2D eigenvalue weighted by Crippen LogP contribution is 2.35. The molecule has 1 aliphatic heterocycles. The van der Waals surface area contributed by atoms with Crippen LogP contribution in [0, 0.1) is 18.2 Å². The average molecular weight is 302 g/mol. The number of ether oxygens (including phenoxy) is 1. The van der Waals surface area contributed by atoms with Crippen LogP contribution in [0.3, 0.4) is 0 Å². The summed E-state index contributed by atoms with van der Waals surface area (Å²) in [6.07, 6.45) is 6.74. The zero-order valence-corrected chi connectivity index (χ0v) is 12.5. The lowest BCUT2D eigenvalue weighted by Crippen LogP contribution is -2.20. The fraction of sp³-hybridized carbons (Fsp3) is 0.529. The zero-order valence-electron chi connectivity index (χ0n) is 12.5. The zero-order chi connectivity index (χ0) is 15.1. The van der Waals surface area contributed by atoms with E-state index in [4.69, 9.17) is 10.5 Å². The molecule has 0 bridgehead atoms. The number of hydrogen-bond acceptors (Lipinski definition) is 3. The van der Waals surface area contributed by atoms with Crippen LogP contribution in [0.25, 0.3) is 11.0 Å². The highest BCUT2D eigenvalue weighted by molar-refractivity contribution is 5.77. The molecule has 2 heterocycles. The number of rotatable bonds is 3. The number of nitrogens with zero attached hydrogens (tertiary/aromatic N) is 1. The fourth-order valence-electron chi connectivity index (χ4n) is 3.72. The van der Waals surface area contributed by atoms with E-state index >= 15 is 0 Å². The van der Waals surface area contributed by atoms with Crippen molar-refractivity contribution in [2.45, 2.75) is 37.6 Å². The monoisotopic (exact) mass is 302 g/mol. The van der Waals surface area contributed by atoms with Crippen LogP contribution in [0.15, 0.2) is 12.1 Å². The largest absolute Gasteiger partial charge is 0.380 e. The first-order chi connectivity index (χ1) is 10.7. The highest BCUT2D eigenvalue weighted by atomic mass is 19.1. The molecule has 1 aromatic carbocycles. The Bertz CT molecular complexity index is 672. The van der Waals surface area contributed by atoms with Crippen molar-refractivity contribution in [3.63, 3.8) is 0 Å². The molecule has 3 N–H and O–H groups in total. The number of nitrogens with two attached hydrogens (primary N) is 1. The molecular formula is C17H21FN3O. The van der Waals surface area contributed by atoms with Gasteiger partial charge in [0.15, 0.2) is 5.82 Å². The second-order valence-electron chi connectivity index (χ2n) is 6.44. The summed E-state index contributed by atoms with van der Waals surface area (Å²) in [6, 6.07) is 3.60. The van der Waals surface area contributed by atoms with Crippen molar-refractivity contribution in [3.8, 4) is 0 Å². The molecule has 117 valence electrons. The Morgan fingerprint density at radius 1 is 1.32 bits per heavy atom. The van der Waals surface area contributed by atoms with Crippen LogP contribution in [-0.2, 0) is 4.74 Å². The smallest absolute Gasteiger partial charge is 0.154 e. The van der Waals surface area contributed by atoms with Crippen LogP contribution in [0.2, 0.25) is 0 Å². The highest BCUT2D eigenvalue weighted by Gasteiger charge is 2.27. The lowest BCUT2D eigenvalue weighted by Gasteiger charge is -2.15. The summed E-state index contributed by atoms with van der Waals surface area (Å²) in [4.78, 5) is 7.69. The van der Waals surface area contributed by atoms with E-state index in [0.717, 1.165) is 18.4 Å². The van der Waals surface area contributed by atoms with Crippen molar-refractivity contribution in [1.29, 1.82) is 0 Å². The molecule has 1 aromatic heterocycles. The number of halogens is 1. The van der Waals surface area contributed by atoms with Crippen LogP contribution in [0.1, 0.15) is 49.0 Å². The number of hydrogen-bond donors (Lipinski definition) is 2. The van der Waals surface area contributed by atoms with Crippen molar-refractivity contribution in [3.05, 3.63) is 35.8 Å². The molecule has 2 aliphatic rings. The molecule has 1 saturated heterocycles. The Morgan fingerprint density at radius 3 is 2.86 bits per heavy atom. The molecule has 1 radical (unpaired) electrons. The van der Waals surface area contributed by atoms with Crippen molar-refractivity contribution >= 4 is 11.0 Å². The number of aromatic nitrogens is 2. The lowest BCUT2D eigenvalue weighted by atomic mass is 9.97. The minimum absolute atomic E-state index is 0.0213. The number of aromatic amines is 1. The molecule has 22 heavy (non-hydrogen) atoms. The molecular weight excluding hydrogens is 281 g/mol. The molecule has 2 aromatic rings. The van der Waals surface area contributed by atoms with E-state index in [2.05, 4.69) is 9.97 Å². The van der Waals surface area contributed by atoms with Crippen LogP contribution in [0.4, 0.5) is 4.39 Å². The first kappa shape index (κ1) is 14.2. The number of imidazole rings is 1. The summed E-state index contributed by atoms with van der Waals surface area (Å²) in [5, 5.41) is 0. The van der Waals surface area contributed by atoms with Gasteiger partial charge >= 0.3 is 0 Å². The maximum Gasteiger partial charge on any atom is 0.154 e. The predicted octanol–water partition coefficient (Wildman–Crippen LogP) is 3.21. The molecule has 4 rings (SSSR count). The summed E-state index contributed by atoms with van der Waals surface area (Å²) in [6.45, 7) is 1.13. The van der Waals surface area contributed by atoms with E-state index in [1.165, 1.54) is 12.8 Å². The van der Waals surface area contributed by atoms with Gasteiger partial charge in [0.25, 0.3) is 0 Å². The van der Waals surface area contributed by atoms with Gasteiger partial charge in [0.2, 0.25) is 0 Å². The number of fused-ring (bicyclic) bond motifs is 1. The summed E-state index contributed by atoms with van der Waals surface area (Å²) >= 11 is 0. The van der Waals surface area contributed by atoms with Crippen molar-refractivity contribution in [2.24, 2.45) is 11.7 Å². The Kier molecular flexibility index (Phi) is 3.62. The summed E-state index contributed by atoms with van der Waals surface area (Å²) in [5.41, 5.74) is 8.13. The molecule has 4 nitrogen and oxygen atoms in total. The molecule has 5 heteroatoms. The Morgan fingerprint density at radius 2 is 2.14 bits per heavy atom. The summed E-state index contributed by atoms with van der Waals surface area (Å²) in [5.74, 6) is 0.947. The Labute approximate surface area is 129 Å². The van der Waals surface area contributed by atoms with Gasteiger partial charge in [-0.3, -0.25) is 0 Å². The van der Waals surface area contributed by atoms with Crippen LogP contribution in [-0.4, -0.2) is 23.2 Å². The van der Waals surface area contributed by atoms with Gasteiger partial charge in [0, 0.05) is 5.92 Å². The maximum absolute atomic E-state index is 14.8. The second-order valence-corrected chi connectivity index (χ2v) is 6.44. The fourth-order valence-corrected chi connectivity index (χ4v) is 3.72. The van der Waals surface area contributed by atoms with E-state index in [1.807, 2.05) is 18.6 Å². The molecule has 0 spiro atoms. The van der Waals surface area contributed by atoms with Crippen LogP contribution < -0.4 is 5.73 Å². The first-order valence-electron chi connectivity index (χ1n) is 8.08. The third-order valence-electron chi connectivity index (χ3n) is 5.06. The normalized spacial score (nSPS) is 24.4. The van der Waals surface area contributed by atoms with E-state index in [0.29, 0.717) is 36.0 Å².